The molecule has 0 heterocycles. The summed E-state index contributed by atoms with van der Waals surface area (Å²) < 4.78 is 13.2. The molecule has 82 valence electrons. The van der Waals surface area contributed by atoms with Gasteiger partial charge in [-0.2, -0.15) is 0 Å². The minimum Gasteiger partial charge on any atom is -0.207 e. The molecule has 0 N–H and O–H groups in total. The predicted molar refractivity (Wildman–Crippen MR) is 66.1 cm³/mol. The van der Waals surface area contributed by atoms with Gasteiger partial charge in [0.15, 0.2) is 0 Å². The van der Waals surface area contributed by atoms with Crippen molar-refractivity contribution >= 4 is 14.5 Å². The van der Waals surface area contributed by atoms with E-state index in [1.54, 1.807) is 12.1 Å². The summed E-state index contributed by atoms with van der Waals surface area (Å²) in [5.74, 6) is 1.33. The highest BCUT2D eigenvalue weighted by Crippen LogP contribution is 2.35. The van der Waals surface area contributed by atoms with Gasteiger partial charge >= 0.3 is 0 Å². The zero-order valence-corrected chi connectivity index (χ0v) is 10.3. The van der Waals surface area contributed by atoms with Gasteiger partial charge in [-0.3, -0.25) is 0 Å². The van der Waals surface area contributed by atoms with Crippen molar-refractivity contribution in [2.24, 2.45) is 5.92 Å². The van der Waals surface area contributed by atoms with Crippen molar-refractivity contribution in [3.63, 3.8) is 0 Å². The van der Waals surface area contributed by atoms with Crippen molar-refractivity contribution in [2.45, 2.75) is 38.5 Å². The van der Waals surface area contributed by atoms with Crippen LogP contribution in [-0.2, 0) is 0 Å². The first-order chi connectivity index (χ1) is 7.15. The fraction of sp³-hybridized carbons (Fsp3) is 0.538. The van der Waals surface area contributed by atoms with Crippen molar-refractivity contribution in [1.82, 2.24) is 0 Å². The normalized spacial score (nSPS) is 26.6. The summed E-state index contributed by atoms with van der Waals surface area (Å²) in [4.78, 5) is 0. The molecule has 0 bridgehead atoms. The van der Waals surface area contributed by atoms with Crippen molar-refractivity contribution in [1.29, 1.82) is 0 Å². The fourth-order valence-electron chi connectivity index (χ4n) is 2.47. The van der Waals surface area contributed by atoms with Gasteiger partial charge in [0.25, 0.3) is 0 Å². The van der Waals surface area contributed by atoms with Gasteiger partial charge in [-0.15, -0.1) is 9.24 Å². The molecule has 0 aromatic heterocycles. The van der Waals surface area contributed by atoms with Gasteiger partial charge in [-0.1, -0.05) is 25.8 Å². The first-order valence-corrected chi connectivity index (χ1v) is 6.29. The van der Waals surface area contributed by atoms with Crippen molar-refractivity contribution in [3.8, 4) is 0 Å². The molecular weight excluding hydrogens is 206 g/mol. The number of rotatable bonds is 1. The zero-order chi connectivity index (χ0) is 10.8. The predicted octanol–water partition coefficient (Wildman–Crippen LogP) is 3.62. The van der Waals surface area contributed by atoms with Crippen LogP contribution in [0.5, 0.6) is 0 Å². The van der Waals surface area contributed by atoms with Gasteiger partial charge in [-0.05, 0) is 47.7 Å². The summed E-state index contributed by atoms with van der Waals surface area (Å²) in [6, 6.07) is 5.38. The minimum absolute atomic E-state index is 0.101. The Hall–Kier alpha value is -0.420. The largest absolute Gasteiger partial charge is 0.207 e. The lowest BCUT2D eigenvalue weighted by molar-refractivity contribution is 0.347. The average Bonchev–Trinajstić information content (AvgIpc) is 2.17. The van der Waals surface area contributed by atoms with Crippen LogP contribution < -0.4 is 5.30 Å². The first kappa shape index (κ1) is 11.1. The number of hydrogen-bond donors (Lipinski definition) is 0. The highest BCUT2D eigenvalue weighted by molar-refractivity contribution is 7.27. The first-order valence-electron chi connectivity index (χ1n) is 5.71. The average molecular weight is 224 g/mol. The fourth-order valence-corrected chi connectivity index (χ4v) is 2.82. The van der Waals surface area contributed by atoms with Gasteiger partial charge in [-0.25, -0.2) is 4.39 Å². The molecule has 2 rings (SSSR count). The summed E-state index contributed by atoms with van der Waals surface area (Å²) in [5, 5.41) is 0.962. The SMILES string of the molecule is CC1CCC(c2cc(F)cc(P)c2)CC1. The standard InChI is InChI=1S/C13H18FP/c1-9-2-4-10(5-3-9)11-6-12(14)8-13(15)7-11/h6-10H,2-5,15H2,1H3. The summed E-state index contributed by atoms with van der Waals surface area (Å²) in [6.45, 7) is 2.31. The Balaban J connectivity index is 2.15. The molecule has 0 spiro atoms. The lowest BCUT2D eigenvalue weighted by Crippen LogP contribution is -2.12. The van der Waals surface area contributed by atoms with Crippen molar-refractivity contribution in [2.75, 3.05) is 0 Å². The molecule has 1 aliphatic rings. The second-order valence-electron chi connectivity index (χ2n) is 4.77. The van der Waals surface area contributed by atoms with E-state index in [9.17, 15) is 4.39 Å². The summed E-state index contributed by atoms with van der Waals surface area (Å²) in [5.41, 5.74) is 1.19. The third kappa shape index (κ3) is 2.78. The highest BCUT2D eigenvalue weighted by atomic mass is 31.0. The van der Waals surface area contributed by atoms with Crippen LogP contribution in [0.3, 0.4) is 0 Å². The van der Waals surface area contributed by atoms with E-state index in [-0.39, 0.29) is 5.82 Å². The molecule has 1 atom stereocenters. The Morgan fingerprint density at radius 3 is 2.40 bits per heavy atom. The quantitative estimate of drug-likeness (QED) is 0.639. The molecule has 0 aliphatic heterocycles. The third-order valence-electron chi connectivity index (χ3n) is 3.43. The van der Waals surface area contributed by atoms with E-state index in [1.165, 1.54) is 31.2 Å². The van der Waals surface area contributed by atoms with Crippen LogP contribution in [0.1, 0.15) is 44.1 Å². The number of hydrogen-bond acceptors (Lipinski definition) is 0. The molecule has 0 saturated heterocycles. The molecule has 0 radical (unpaired) electrons. The Bertz CT molecular complexity index is 320. The molecule has 15 heavy (non-hydrogen) atoms. The van der Waals surface area contributed by atoms with E-state index >= 15 is 0 Å². The number of benzene rings is 1. The Kier molecular flexibility index (Phi) is 3.41. The lowest BCUT2D eigenvalue weighted by atomic mass is 9.79. The van der Waals surface area contributed by atoms with E-state index in [4.69, 9.17) is 0 Å². The van der Waals surface area contributed by atoms with Gasteiger partial charge in [0.05, 0.1) is 0 Å². The lowest BCUT2D eigenvalue weighted by Gasteiger charge is -2.26. The van der Waals surface area contributed by atoms with Crippen molar-refractivity contribution < 1.29 is 4.39 Å². The maximum Gasteiger partial charge on any atom is 0.124 e. The maximum atomic E-state index is 13.2. The maximum absolute atomic E-state index is 13.2. The summed E-state index contributed by atoms with van der Waals surface area (Å²) >= 11 is 0. The molecule has 1 fully saturated rings. The minimum atomic E-state index is -0.101. The number of halogens is 1. The van der Waals surface area contributed by atoms with Crippen LogP contribution in [-0.4, -0.2) is 0 Å². The molecule has 1 aromatic rings. The smallest absolute Gasteiger partial charge is 0.124 e. The Labute approximate surface area is 93.5 Å². The van der Waals surface area contributed by atoms with E-state index < -0.39 is 0 Å². The van der Waals surface area contributed by atoms with Crippen LogP contribution in [0.25, 0.3) is 0 Å². The zero-order valence-electron chi connectivity index (χ0n) is 9.17. The van der Waals surface area contributed by atoms with Crippen molar-refractivity contribution in [3.05, 3.63) is 29.6 Å². The molecular formula is C13H18FP. The van der Waals surface area contributed by atoms with Crippen LogP contribution in [0.2, 0.25) is 0 Å². The van der Waals surface area contributed by atoms with E-state index in [1.807, 2.05) is 0 Å². The topological polar surface area (TPSA) is 0 Å². The summed E-state index contributed by atoms with van der Waals surface area (Å²) in [6.07, 6.45) is 5.00. The monoisotopic (exact) mass is 224 g/mol. The second kappa shape index (κ2) is 4.61. The third-order valence-corrected chi connectivity index (χ3v) is 3.76. The van der Waals surface area contributed by atoms with E-state index in [0.717, 1.165) is 11.2 Å². The van der Waals surface area contributed by atoms with Crippen LogP contribution in [0.15, 0.2) is 18.2 Å². The Morgan fingerprint density at radius 1 is 1.13 bits per heavy atom. The van der Waals surface area contributed by atoms with Gasteiger partial charge in [0.2, 0.25) is 0 Å². The molecule has 1 aliphatic carbocycles. The molecule has 1 unspecified atom stereocenters. The second-order valence-corrected chi connectivity index (χ2v) is 5.44. The van der Waals surface area contributed by atoms with Crippen LogP contribution in [0.4, 0.5) is 4.39 Å². The van der Waals surface area contributed by atoms with E-state index in [0.29, 0.717) is 5.92 Å². The summed E-state index contributed by atoms with van der Waals surface area (Å²) in [7, 11) is 2.58. The molecule has 0 nitrogen and oxygen atoms in total. The molecule has 2 heteroatoms. The van der Waals surface area contributed by atoms with E-state index in [2.05, 4.69) is 22.2 Å². The van der Waals surface area contributed by atoms with Crippen LogP contribution in [0, 0.1) is 11.7 Å². The van der Waals surface area contributed by atoms with Gasteiger partial charge < -0.3 is 0 Å². The Morgan fingerprint density at radius 2 is 1.80 bits per heavy atom. The van der Waals surface area contributed by atoms with Gasteiger partial charge in [0.1, 0.15) is 5.82 Å². The van der Waals surface area contributed by atoms with Gasteiger partial charge in [0, 0.05) is 0 Å². The molecule has 1 aromatic carbocycles. The highest BCUT2D eigenvalue weighted by Gasteiger charge is 2.20. The van der Waals surface area contributed by atoms with Crippen LogP contribution >= 0.6 is 9.24 Å². The molecule has 0 amide bonds. The molecule has 1 saturated carbocycles.